The Hall–Kier alpha value is -1.20. The van der Waals surface area contributed by atoms with Gasteiger partial charge >= 0.3 is 0 Å². The Morgan fingerprint density at radius 3 is 3.00 bits per heavy atom. The highest BCUT2D eigenvalue weighted by molar-refractivity contribution is 7.80. The lowest BCUT2D eigenvalue weighted by atomic mass is 10.1. The topological polar surface area (TPSA) is 55.6 Å². The van der Waals surface area contributed by atoms with Crippen molar-refractivity contribution in [2.45, 2.75) is 6.54 Å². The first-order chi connectivity index (χ1) is 7.26. The van der Waals surface area contributed by atoms with Crippen LogP contribution in [0.4, 0.5) is 5.69 Å². The minimum Gasteiger partial charge on any atom is -0.482 e. The molecule has 0 fully saturated rings. The first-order valence-electron chi connectivity index (χ1n) is 4.63. The molecule has 0 aromatic heterocycles. The molecule has 2 N–H and O–H groups in total. The number of ether oxygens (including phenoxy) is 1. The van der Waals surface area contributed by atoms with Gasteiger partial charge in [-0.3, -0.25) is 9.69 Å². The molecule has 1 aliphatic rings. The molecule has 5 heteroatoms. The van der Waals surface area contributed by atoms with Crippen LogP contribution in [0, 0.1) is 0 Å². The summed E-state index contributed by atoms with van der Waals surface area (Å²) < 4.78 is 5.30. The lowest BCUT2D eigenvalue weighted by Gasteiger charge is -2.28. The number of carbonyl (C=O) groups excluding carboxylic acids is 1. The van der Waals surface area contributed by atoms with Gasteiger partial charge in [-0.15, -0.1) is 0 Å². The first-order valence-corrected chi connectivity index (χ1v) is 5.26. The standard InChI is InChI=1S/C10H12N2O2S/c11-4-7-1-2-9-8(3-7)12(6-15)10(13)5-14-9/h1-3,15H,4-6,11H2. The summed E-state index contributed by atoms with van der Waals surface area (Å²) in [5.41, 5.74) is 7.27. The molecular weight excluding hydrogens is 212 g/mol. The van der Waals surface area contributed by atoms with Crippen LogP contribution >= 0.6 is 12.6 Å². The summed E-state index contributed by atoms with van der Waals surface area (Å²) in [6.07, 6.45) is 0. The summed E-state index contributed by atoms with van der Waals surface area (Å²) in [5, 5.41) is 0. The summed E-state index contributed by atoms with van der Waals surface area (Å²) in [4.78, 5) is 13.1. The quantitative estimate of drug-likeness (QED) is 0.729. The van der Waals surface area contributed by atoms with Crippen LogP contribution in [0.3, 0.4) is 0 Å². The second kappa shape index (κ2) is 4.12. The molecule has 0 aliphatic carbocycles. The van der Waals surface area contributed by atoms with E-state index >= 15 is 0 Å². The number of hydrogen-bond donors (Lipinski definition) is 2. The number of amides is 1. The van der Waals surface area contributed by atoms with Crippen molar-refractivity contribution >= 4 is 24.2 Å². The van der Waals surface area contributed by atoms with Crippen LogP contribution in [0.2, 0.25) is 0 Å². The van der Waals surface area contributed by atoms with Gasteiger partial charge in [0.2, 0.25) is 0 Å². The summed E-state index contributed by atoms with van der Waals surface area (Å²) in [6.45, 7) is 0.525. The van der Waals surface area contributed by atoms with Gasteiger partial charge in [-0.2, -0.15) is 12.6 Å². The molecule has 15 heavy (non-hydrogen) atoms. The van der Waals surface area contributed by atoms with Gasteiger partial charge in [0.05, 0.1) is 11.6 Å². The zero-order valence-corrected chi connectivity index (χ0v) is 9.04. The van der Waals surface area contributed by atoms with E-state index < -0.39 is 0 Å². The Morgan fingerprint density at radius 2 is 2.33 bits per heavy atom. The highest BCUT2D eigenvalue weighted by Crippen LogP contribution is 2.32. The van der Waals surface area contributed by atoms with Crippen LogP contribution in [-0.4, -0.2) is 18.4 Å². The maximum Gasteiger partial charge on any atom is 0.265 e. The molecular formula is C10H12N2O2S. The van der Waals surface area contributed by atoms with Crippen molar-refractivity contribution in [2.75, 3.05) is 17.4 Å². The van der Waals surface area contributed by atoms with Crippen LogP contribution in [0.15, 0.2) is 18.2 Å². The predicted molar refractivity (Wildman–Crippen MR) is 61.2 cm³/mol. The summed E-state index contributed by atoms with van der Waals surface area (Å²) in [5.74, 6) is 0.982. The molecule has 1 aliphatic heterocycles. The van der Waals surface area contributed by atoms with E-state index in [9.17, 15) is 4.79 Å². The van der Waals surface area contributed by atoms with Crippen molar-refractivity contribution in [2.24, 2.45) is 5.73 Å². The summed E-state index contributed by atoms with van der Waals surface area (Å²) >= 11 is 4.13. The van der Waals surface area contributed by atoms with E-state index in [1.165, 1.54) is 0 Å². The highest BCUT2D eigenvalue weighted by Gasteiger charge is 2.24. The molecule has 0 spiro atoms. The SMILES string of the molecule is NCc1ccc2c(c1)N(CS)C(=O)CO2. The predicted octanol–water partition coefficient (Wildman–Crippen LogP) is 0.758. The molecule has 1 amide bonds. The van der Waals surface area contributed by atoms with Gasteiger partial charge in [0.1, 0.15) is 5.75 Å². The Morgan fingerprint density at radius 1 is 1.53 bits per heavy atom. The summed E-state index contributed by atoms with van der Waals surface area (Å²) in [7, 11) is 0. The largest absolute Gasteiger partial charge is 0.482 e. The number of rotatable bonds is 2. The van der Waals surface area contributed by atoms with Gasteiger partial charge in [-0.05, 0) is 17.7 Å². The molecule has 0 unspecified atom stereocenters. The van der Waals surface area contributed by atoms with Crippen molar-refractivity contribution in [1.29, 1.82) is 0 Å². The van der Waals surface area contributed by atoms with E-state index in [1.54, 1.807) is 4.90 Å². The molecule has 0 saturated heterocycles. The molecule has 4 nitrogen and oxygen atoms in total. The van der Waals surface area contributed by atoms with Crippen molar-refractivity contribution in [3.8, 4) is 5.75 Å². The fourth-order valence-corrected chi connectivity index (χ4v) is 1.84. The molecule has 2 rings (SSSR count). The number of carbonyl (C=O) groups is 1. The maximum absolute atomic E-state index is 11.5. The zero-order valence-electron chi connectivity index (χ0n) is 8.14. The third-order valence-corrected chi connectivity index (χ3v) is 2.63. The van der Waals surface area contributed by atoms with Crippen LogP contribution in [0.5, 0.6) is 5.75 Å². The van der Waals surface area contributed by atoms with E-state index in [-0.39, 0.29) is 12.5 Å². The number of benzene rings is 1. The van der Waals surface area contributed by atoms with Gasteiger partial charge < -0.3 is 10.5 Å². The van der Waals surface area contributed by atoms with Crippen LogP contribution in [-0.2, 0) is 11.3 Å². The minimum absolute atomic E-state index is 0.0772. The molecule has 0 radical (unpaired) electrons. The zero-order chi connectivity index (χ0) is 10.8. The molecule has 1 aromatic rings. The van der Waals surface area contributed by atoms with E-state index in [0.29, 0.717) is 18.2 Å². The summed E-state index contributed by atoms with van der Waals surface area (Å²) in [6, 6.07) is 5.59. The number of hydrogen-bond acceptors (Lipinski definition) is 4. The fourth-order valence-electron chi connectivity index (χ4n) is 1.53. The van der Waals surface area contributed by atoms with Crippen LogP contribution in [0.1, 0.15) is 5.56 Å². The number of nitrogens with zero attached hydrogens (tertiary/aromatic N) is 1. The second-order valence-corrected chi connectivity index (χ2v) is 3.54. The van der Waals surface area contributed by atoms with Crippen molar-refractivity contribution in [3.05, 3.63) is 23.8 Å². The molecule has 0 bridgehead atoms. The number of anilines is 1. The third kappa shape index (κ3) is 1.80. The van der Waals surface area contributed by atoms with Gasteiger partial charge in [0, 0.05) is 6.54 Å². The monoisotopic (exact) mass is 224 g/mol. The lowest BCUT2D eigenvalue weighted by Crippen LogP contribution is -2.38. The molecule has 0 atom stereocenters. The van der Waals surface area contributed by atoms with Gasteiger partial charge in [-0.25, -0.2) is 0 Å². The van der Waals surface area contributed by atoms with E-state index in [4.69, 9.17) is 10.5 Å². The number of nitrogens with two attached hydrogens (primary N) is 1. The van der Waals surface area contributed by atoms with E-state index in [0.717, 1.165) is 11.3 Å². The van der Waals surface area contributed by atoms with Crippen LogP contribution < -0.4 is 15.4 Å². The molecule has 1 aromatic carbocycles. The van der Waals surface area contributed by atoms with Gasteiger partial charge in [0.25, 0.3) is 5.91 Å². The van der Waals surface area contributed by atoms with E-state index in [1.807, 2.05) is 18.2 Å². The minimum atomic E-state index is -0.0772. The Kier molecular flexibility index (Phi) is 2.83. The smallest absolute Gasteiger partial charge is 0.265 e. The molecule has 0 saturated carbocycles. The Bertz CT molecular complexity index is 395. The number of fused-ring (bicyclic) bond motifs is 1. The number of thiol groups is 1. The lowest BCUT2D eigenvalue weighted by molar-refractivity contribution is -0.121. The van der Waals surface area contributed by atoms with Crippen LogP contribution in [0.25, 0.3) is 0 Å². The Labute approximate surface area is 93.4 Å². The average Bonchev–Trinajstić information content (AvgIpc) is 2.28. The average molecular weight is 224 g/mol. The third-order valence-electron chi connectivity index (χ3n) is 2.34. The van der Waals surface area contributed by atoms with Crippen molar-refractivity contribution in [1.82, 2.24) is 0 Å². The highest BCUT2D eigenvalue weighted by atomic mass is 32.1. The second-order valence-electron chi connectivity index (χ2n) is 3.26. The first kappa shape index (κ1) is 10.3. The molecule has 80 valence electrons. The van der Waals surface area contributed by atoms with Gasteiger partial charge in [-0.1, -0.05) is 6.07 Å². The maximum atomic E-state index is 11.5. The Balaban J connectivity index is 2.45. The van der Waals surface area contributed by atoms with Gasteiger partial charge in [0.15, 0.2) is 6.61 Å². The normalized spacial score (nSPS) is 14.8. The van der Waals surface area contributed by atoms with E-state index in [2.05, 4.69) is 12.6 Å². The molecule has 1 heterocycles. The van der Waals surface area contributed by atoms with Crippen molar-refractivity contribution < 1.29 is 9.53 Å². The van der Waals surface area contributed by atoms with Crippen molar-refractivity contribution in [3.63, 3.8) is 0 Å². The fraction of sp³-hybridized carbons (Fsp3) is 0.300.